The van der Waals surface area contributed by atoms with Crippen molar-refractivity contribution in [1.82, 2.24) is 14.8 Å². The maximum absolute atomic E-state index is 12.2. The molecule has 0 aliphatic rings. The highest BCUT2D eigenvalue weighted by molar-refractivity contribution is 7.22. The summed E-state index contributed by atoms with van der Waals surface area (Å²) in [6.07, 6.45) is 0. The number of amides is 1. The number of fused-ring (bicyclic) bond motifs is 1. The molecule has 3 aromatic rings. The van der Waals surface area contributed by atoms with Gasteiger partial charge in [-0.25, -0.2) is 4.98 Å². The number of hydrogen-bond acceptors (Lipinski definition) is 4. The zero-order valence-corrected chi connectivity index (χ0v) is 12.1. The van der Waals surface area contributed by atoms with Crippen molar-refractivity contribution in [3.8, 4) is 0 Å². The lowest BCUT2D eigenvalue weighted by Crippen LogP contribution is -2.13. The number of nitrogens with zero attached hydrogens (tertiary/aromatic N) is 3. The highest BCUT2D eigenvalue weighted by Crippen LogP contribution is 2.25. The van der Waals surface area contributed by atoms with Crippen LogP contribution in [0.3, 0.4) is 0 Å². The molecule has 0 saturated carbocycles. The van der Waals surface area contributed by atoms with E-state index in [9.17, 15) is 4.79 Å². The molecule has 0 spiro atoms. The predicted octanol–water partition coefficient (Wildman–Crippen LogP) is 3.07. The van der Waals surface area contributed by atoms with E-state index in [1.165, 1.54) is 11.3 Å². The summed E-state index contributed by atoms with van der Waals surface area (Å²) in [5.41, 5.74) is 2.29. The summed E-state index contributed by atoms with van der Waals surface area (Å²) in [4.78, 5) is 16.5. The average molecular weight is 286 g/mol. The summed E-state index contributed by atoms with van der Waals surface area (Å²) < 4.78 is 2.85. The van der Waals surface area contributed by atoms with Crippen LogP contribution in [0.25, 0.3) is 10.2 Å². The van der Waals surface area contributed by atoms with Crippen LogP contribution in [-0.4, -0.2) is 20.7 Å². The van der Waals surface area contributed by atoms with Crippen molar-refractivity contribution >= 4 is 32.6 Å². The van der Waals surface area contributed by atoms with Crippen LogP contribution in [0.15, 0.2) is 30.3 Å². The van der Waals surface area contributed by atoms with Crippen molar-refractivity contribution in [3.05, 3.63) is 41.7 Å². The minimum absolute atomic E-state index is 0.223. The van der Waals surface area contributed by atoms with Gasteiger partial charge in [-0.15, -0.1) is 0 Å². The Hall–Kier alpha value is -2.21. The highest BCUT2D eigenvalue weighted by Gasteiger charge is 2.14. The first kappa shape index (κ1) is 12.8. The molecule has 3 rings (SSSR count). The molecule has 1 amide bonds. The van der Waals surface area contributed by atoms with E-state index in [1.807, 2.05) is 38.1 Å². The zero-order chi connectivity index (χ0) is 14.1. The Morgan fingerprint density at radius 1 is 1.40 bits per heavy atom. The van der Waals surface area contributed by atoms with E-state index >= 15 is 0 Å². The first-order chi connectivity index (χ1) is 9.67. The van der Waals surface area contributed by atoms with Crippen molar-refractivity contribution < 1.29 is 4.79 Å². The fraction of sp³-hybridized carbons (Fsp3) is 0.214. The first-order valence-corrected chi connectivity index (χ1v) is 7.20. The molecule has 0 atom stereocenters. The van der Waals surface area contributed by atoms with E-state index in [1.54, 1.807) is 10.7 Å². The van der Waals surface area contributed by atoms with Gasteiger partial charge in [0, 0.05) is 12.2 Å². The molecular weight excluding hydrogens is 272 g/mol. The van der Waals surface area contributed by atoms with E-state index in [0.717, 1.165) is 22.5 Å². The molecule has 0 bridgehead atoms. The fourth-order valence-corrected chi connectivity index (χ4v) is 2.89. The number of rotatable bonds is 3. The lowest BCUT2D eigenvalue weighted by molar-refractivity contribution is 0.102. The van der Waals surface area contributed by atoms with Crippen LogP contribution in [0.4, 0.5) is 5.13 Å². The van der Waals surface area contributed by atoms with Gasteiger partial charge < -0.3 is 0 Å². The quantitative estimate of drug-likeness (QED) is 0.805. The maximum atomic E-state index is 12.2. The van der Waals surface area contributed by atoms with Crippen LogP contribution in [0, 0.1) is 6.92 Å². The van der Waals surface area contributed by atoms with Gasteiger partial charge in [0.15, 0.2) is 10.8 Å². The minimum atomic E-state index is -0.223. The second kappa shape index (κ2) is 5.05. The second-order valence-electron chi connectivity index (χ2n) is 4.43. The van der Waals surface area contributed by atoms with Crippen molar-refractivity contribution in [3.63, 3.8) is 0 Å². The Morgan fingerprint density at radius 3 is 2.90 bits per heavy atom. The second-order valence-corrected chi connectivity index (χ2v) is 5.46. The number of thiazole rings is 1. The van der Waals surface area contributed by atoms with Crippen molar-refractivity contribution in [1.29, 1.82) is 0 Å². The number of anilines is 1. The molecule has 0 saturated heterocycles. The molecule has 0 fully saturated rings. The third-order valence-corrected chi connectivity index (χ3v) is 3.98. The molecule has 0 aliphatic carbocycles. The molecule has 2 heterocycles. The minimum Gasteiger partial charge on any atom is -0.296 e. The standard InChI is InChI=1S/C14H14N4OS/c1-3-18-9(2)8-11(17-18)13(19)16-14-15-10-6-4-5-7-12(10)20-14/h4-8H,3H2,1-2H3,(H,15,16,19). The number of carbonyl (C=O) groups excluding carboxylic acids is 1. The van der Waals surface area contributed by atoms with Gasteiger partial charge >= 0.3 is 0 Å². The summed E-state index contributed by atoms with van der Waals surface area (Å²) in [6.45, 7) is 4.68. The topological polar surface area (TPSA) is 59.8 Å². The Bertz CT molecular complexity index is 741. The van der Waals surface area contributed by atoms with E-state index < -0.39 is 0 Å². The summed E-state index contributed by atoms with van der Waals surface area (Å²) in [7, 11) is 0. The Labute approximate surface area is 120 Å². The lowest BCUT2D eigenvalue weighted by atomic mass is 10.3. The number of hydrogen-bond donors (Lipinski definition) is 1. The number of benzene rings is 1. The highest BCUT2D eigenvalue weighted by atomic mass is 32.1. The molecule has 2 aromatic heterocycles. The van der Waals surface area contributed by atoms with Crippen LogP contribution in [0.5, 0.6) is 0 Å². The number of para-hydroxylation sites is 1. The van der Waals surface area contributed by atoms with E-state index in [2.05, 4.69) is 15.4 Å². The van der Waals surface area contributed by atoms with Crippen LogP contribution >= 0.6 is 11.3 Å². The van der Waals surface area contributed by atoms with Gasteiger partial charge in [-0.3, -0.25) is 14.8 Å². The van der Waals surface area contributed by atoms with Crippen LogP contribution in [0.2, 0.25) is 0 Å². The van der Waals surface area contributed by atoms with Crippen LogP contribution in [-0.2, 0) is 6.54 Å². The number of aromatic nitrogens is 3. The Kier molecular flexibility index (Phi) is 3.23. The van der Waals surface area contributed by atoms with E-state index in [-0.39, 0.29) is 5.91 Å². The molecule has 102 valence electrons. The zero-order valence-electron chi connectivity index (χ0n) is 11.3. The monoisotopic (exact) mass is 286 g/mol. The number of nitrogens with one attached hydrogen (secondary N) is 1. The van der Waals surface area contributed by atoms with Crippen molar-refractivity contribution in [2.75, 3.05) is 5.32 Å². The van der Waals surface area contributed by atoms with Gasteiger partial charge in [0.2, 0.25) is 0 Å². The van der Waals surface area contributed by atoms with Gasteiger partial charge in [-0.05, 0) is 32.0 Å². The van der Waals surface area contributed by atoms with Gasteiger partial charge in [-0.2, -0.15) is 5.10 Å². The molecule has 0 unspecified atom stereocenters. The van der Waals surface area contributed by atoms with Crippen LogP contribution in [0.1, 0.15) is 23.1 Å². The van der Waals surface area contributed by atoms with Crippen molar-refractivity contribution in [2.45, 2.75) is 20.4 Å². The molecule has 6 heteroatoms. The van der Waals surface area contributed by atoms with E-state index in [4.69, 9.17) is 0 Å². The van der Waals surface area contributed by atoms with Gasteiger partial charge in [0.1, 0.15) is 0 Å². The molecule has 1 aromatic carbocycles. The molecule has 0 radical (unpaired) electrons. The number of aryl methyl sites for hydroxylation is 2. The molecule has 20 heavy (non-hydrogen) atoms. The summed E-state index contributed by atoms with van der Waals surface area (Å²) in [5, 5.41) is 7.66. The maximum Gasteiger partial charge on any atom is 0.277 e. The summed E-state index contributed by atoms with van der Waals surface area (Å²) in [5.74, 6) is -0.223. The largest absolute Gasteiger partial charge is 0.296 e. The van der Waals surface area contributed by atoms with E-state index in [0.29, 0.717) is 10.8 Å². The van der Waals surface area contributed by atoms with Gasteiger partial charge in [-0.1, -0.05) is 23.5 Å². The molecular formula is C14H14N4OS. The fourth-order valence-electron chi connectivity index (χ4n) is 2.03. The normalized spacial score (nSPS) is 10.9. The average Bonchev–Trinajstić information content (AvgIpc) is 3.01. The summed E-state index contributed by atoms with van der Waals surface area (Å²) in [6, 6.07) is 9.58. The van der Waals surface area contributed by atoms with Crippen molar-refractivity contribution in [2.24, 2.45) is 0 Å². The SMILES string of the molecule is CCn1nc(C(=O)Nc2nc3ccccc3s2)cc1C. The predicted molar refractivity (Wildman–Crippen MR) is 80.2 cm³/mol. The van der Waals surface area contributed by atoms with Gasteiger partial charge in [0.25, 0.3) is 5.91 Å². The van der Waals surface area contributed by atoms with Crippen LogP contribution < -0.4 is 5.32 Å². The summed E-state index contributed by atoms with van der Waals surface area (Å²) >= 11 is 1.46. The molecule has 1 N–H and O–H groups in total. The smallest absolute Gasteiger partial charge is 0.277 e. The molecule has 0 aliphatic heterocycles. The third-order valence-electron chi connectivity index (χ3n) is 3.03. The molecule has 5 nitrogen and oxygen atoms in total. The Morgan fingerprint density at radius 2 is 2.20 bits per heavy atom. The number of carbonyl (C=O) groups is 1. The Balaban J connectivity index is 1.84. The lowest BCUT2D eigenvalue weighted by Gasteiger charge is -1.98. The van der Waals surface area contributed by atoms with Gasteiger partial charge in [0.05, 0.1) is 10.2 Å². The first-order valence-electron chi connectivity index (χ1n) is 6.38. The third kappa shape index (κ3) is 2.30.